The van der Waals surface area contributed by atoms with Crippen molar-refractivity contribution in [1.29, 1.82) is 0 Å². The molecule has 0 N–H and O–H groups in total. The van der Waals surface area contributed by atoms with Crippen LogP contribution in [-0.2, 0) is 29.1 Å². The van der Waals surface area contributed by atoms with Gasteiger partial charge in [0.05, 0.1) is 45.9 Å². The minimum atomic E-state index is -0.848. The SMILES string of the molecule is [2H]c1c([2H])c([2H])c(-c2c([2H])c([2H])c([2H])c(-c3cc(C(C)(C)C)cc(-c4c([2H])c([2H])c([2H])c(C(C)(C)C)c4[2H])c3N3CN(c4cccc(Oc5ccc6c7cc(CCCCCCCC)c(CC(C)(C)C)cc7n(-c7cc(C(C)(C)C)ccn7)c6c5)c4)c4ccccc43)c2[2H])c([2H])c1[2H]. The van der Waals surface area contributed by atoms with Crippen LogP contribution in [0.25, 0.3) is 61.0 Å². The van der Waals surface area contributed by atoms with Crippen LogP contribution in [0.1, 0.15) is 174 Å². The molecule has 0 aliphatic carbocycles. The van der Waals surface area contributed by atoms with Gasteiger partial charge in [0, 0.05) is 45.9 Å². The molecule has 5 heteroatoms. The van der Waals surface area contributed by atoms with E-state index in [9.17, 15) is 11.0 Å². The second-order valence-electron chi connectivity index (χ2n) is 27.1. The lowest BCUT2D eigenvalue weighted by molar-refractivity contribution is 0.409. The molecule has 11 rings (SSSR count). The number of hydrogen-bond donors (Lipinski definition) is 0. The zero-order valence-electron chi connectivity index (χ0n) is 64.5. The van der Waals surface area contributed by atoms with Crippen LogP contribution in [-0.4, -0.2) is 16.2 Å². The Morgan fingerprint density at radius 3 is 1.83 bits per heavy atom. The van der Waals surface area contributed by atoms with Gasteiger partial charge in [-0.05, 0) is 170 Å². The highest BCUT2D eigenvalue weighted by atomic mass is 16.5. The molecule has 0 amide bonds. The Morgan fingerprint density at radius 2 is 1.13 bits per heavy atom. The highest BCUT2D eigenvalue weighted by Gasteiger charge is 2.33. The van der Waals surface area contributed by atoms with Crippen molar-refractivity contribution in [2.75, 3.05) is 16.5 Å². The first-order valence-corrected chi connectivity index (χ1v) is 30.0. The van der Waals surface area contributed by atoms with Gasteiger partial charge >= 0.3 is 0 Å². The highest BCUT2D eigenvalue weighted by molar-refractivity contribution is 6.10. The van der Waals surface area contributed by atoms with Crippen LogP contribution in [0.3, 0.4) is 0 Å². The van der Waals surface area contributed by atoms with Gasteiger partial charge in [0.15, 0.2) is 0 Å². The number of rotatable bonds is 16. The Morgan fingerprint density at radius 1 is 0.500 bits per heavy atom. The lowest BCUT2D eigenvalue weighted by Crippen LogP contribution is -2.25. The monoisotopic (exact) mass is 1120 g/mol. The summed E-state index contributed by atoms with van der Waals surface area (Å²) in [4.78, 5) is 9.11. The van der Waals surface area contributed by atoms with Crippen LogP contribution in [0, 0.1) is 5.41 Å². The lowest BCUT2D eigenvalue weighted by atomic mass is 9.80. The summed E-state index contributed by atoms with van der Waals surface area (Å²) in [6, 6.07) is 27.5. The van der Waals surface area contributed by atoms with Gasteiger partial charge in [0.2, 0.25) is 0 Å². The van der Waals surface area contributed by atoms with Crippen LogP contribution >= 0.6 is 0 Å². The second-order valence-corrected chi connectivity index (χ2v) is 27.1. The zero-order valence-corrected chi connectivity index (χ0v) is 51.5. The fraction of sp³-hybridized carbons (Fsp3) is 0.329. The first kappa shape index (κ1) is 43.7. The fourth-order valence-corrected chi connectivity index (χ4v) is 11.6. The molecule has 2 aromatic heterocycles. The molecule has 1 aliphatic rings. The third kappa shape index (κ3) is 12.3. The van der Waals surface area contributed by atoms with Crippen molar-refractivity contribution >= 4 is 44.6 Å². The van der Waals surface area contributed by atoms with Gasteiger partial charge in [-0.15, -0.1) is 0 Å². The van der Waals surface area contributed by atoms with Gasteiger partial charge in [0.25, 0.3) is 0 Å². The number of anilines is 4. The van der Waals surface area contributed by atoms with Crippen LogP contribution in [0.15, 0.2) is 188 Å². The number of aryl methyl sites for hydroxylation is 1. The molecule has 0 atom stereocenters. The molecular weight excluding hydrogens is 1020 g/mol. The quantitative estimate of drug-likeness (QED) is 0.0903. The number of unbranched alkanes of at least 4 members (excludes halogenated alkanes) is 5. The standard InChI is InChI=1S/C79H88N4O/c1-14-15-16-17-18-20-30-56-45-69-66-40-39-65(51-73(66)83(72(69)46-59(56)52-76(2,3)4)74-49-61(41-42-80-74)78(8,9)10)84-64-36-27-35-63(50-64)81-53-82(71-38-24-23-37-70(71)81)75-67(57-32-25-31-55(43-57)54-28-21-19-22-29-54)47-62(79(11,12)13)48-68(75)58-33-26-34-60(44-58)77(5,6)7/h19,21-29,31-51H,14-18,20,30,52-53H2,1-13H3/i19D,21D,22D,25D,26D,28D,29D,31D,32D,33D,34D,43D,44D. The van der Waals surface area contributed by atoms with Crippen molar-refractivity contribution in [3.05, 3.63) is 216 Å². The number of fused-ring (bicyclic) bond motifs is 4. The van der Waals surface area contributed by atoms with E-state index in [-0.39, 0.29) is 69.1 Å². The fourth-order valence-electron chi connectivity index (χ4n) is 11.6. The van der Waals surface area contributed by atoms with E-state index in [1.54, 1.807) is 6.07 Å². The highest BCUT2D eigenvalue weighted by Crippen LogP contribution is 2.52. The van der Waals surface area contributed by atoms with Crippen LogP contribution in [0.4, 0.5) is 22.7 Å². The van der Waals surface area contributed by atoms with Gasteiger partial charge in [0.1, 0.15) is 24.0 Å². The Bertz CT molecular complexity index is 4750. The lowest BCUT2D eigenvalue weighted by Gasteiger charge is -2.31. The molecule has 84 heavy (non-hydrogen) atoms. The summed E-state index contributed by atoms with van der Waals surface area (Å²) >= 11 is 0. The van der Waals surface area contributed by atoms with Crippen LogP contribution < -0.4 is 14.5 Å². The number of nitrogens with zero attached hydrogens (tertiary/aromatic N) is 4. The van der Waals surface area contributed by atoms with E-state index in [4.69, 9.17) is 16.6 Å². The van der Waals surface area contributed by atoms with E-state index in [0.717, 1.165) is 58.1 Å². The molecule has 10 aromatic rings. The summed E-state index contributed by atoms with van der Waals surface area (Å²) in [5, 5.41) is 2.24. The number of hydrogen-bond acceptors (Lipinski definition) is 4. The average molecular weight is 1120 g/mol. The third-order valence-electron chi connectivity index (χ3n) is 16.1. The minimum absolute atomic E-state index is 0.0272. The Labute approximate surface area is 520 Å². The molecule has 0 bridgehead atoms. The van der Waals surface area contributed by atoms with Crippen LogP contribution in [0.2, 0.25) is 0 Å². The summed E-state index contributed by atoms with van der Waals surface area (Å²) in [6.07, 6.45) is 11.1. The average Bonchev–Trinajstić information content (AvgIpc) is 1.70. The Balaban J connectivity index is 1.10. The van der Waals surface area contributed by atoms with Gasteiger partial charge in [-0.1, -0.05) is 213 Å². The van der Waals surface area contributed by atoms with E-state index in [1.165, 1.54) is 43.2 Å². The van der Waals surface area contributed by atoms with Crippen molar-refractivity contribution < 1.29 is 22.6 Å². The molecule has 0 saturated carbocycles. The Kier molecular flexibility index (Phi) is 12.1. The zero-order chi connectivity index (χ0) is 70.4. The van der Waals surface area contributed by atoms with Crippen molar-refractivity contribution in [2.24, 2.45) is 5.41 Å². The largest absolute Gasteiger partial charge is 0.457 e. The van der Waals surface area contributed by atoms with Gasteiger partial charge < -0.3 is 14.5 Å². The molecule has 0 saturated heterocycles. The predicted molar refractivity (Wildman–Crippen MR) is 360 cm³/mol. The third-order valence-corrected chi connectivity index (χ3v) is 16.1. The van der Waals surface area contributed by atoms with Crippen molar-refractivity contribution in [1.82, 2.24) is 9.55 Å². The number of benzene rings is 8. The predicted octanol–water partition coefficient (Wildman–Crippen LogP) is 22.6. The maximum absolute atomic E-state index is 10.2. The molecule has 0 unspecified atom stereocenters. The summed E-state index contributed by atoms with van der Waals surface area (Å²) in [6.45, 7) is 27.3. The maximum Gasteiger partial charge on any atom is 0.137 e. The van der Waals surface area contributed by atoms with E-state index in [1.807, 2.05) is 113 Å². The van der Waals surface area contributed by atoms with E-state index in [2.05, 4.69) is 94.3 Å². The topological polar surface area (TPSA) is 33.5 Å². The number of para-hydroxylation sites is 2. The minimum Gasteiger partial charge on any atom is -0.457 e. The van der Waals surface area contributed by atoms with Gasteiger partial charge in [-0.3, -0.25) is 4.57 Å². The summed E-state index contributed by atoms with van der Waals surface area (Å²) in [5.74, 6) is 1.96. The van der Waals surface area contributed by atoms with Crippen molar-refractivity contribution in [3.8, 4) is 50.7 Å². The van der Waals surface area contributed by atoms with Crippen LogP contribution in [0.5, 0.6) is 11.5 Å². The van der Waals surface area contributed by atoms with Crippen molar-refractivity contribution in [3.63, 3.8) is 0 Å². The summed E-state index contributed by atoms with van der Waals surface area (Å²) in [5.41, 5.74) is 6.84. The second kappa shape index (κ2) is 23.3. The molecule has 8 aromatic carbocycles. The number of pyridine rings is 1. The molecule has 0 fully saturated rings. The molecular formula is C79H88N4O. The molecule has 0 spiro atoms. The number of ether oxygens (including phenoxy) is 1. The molecule has 3 heterocycles. The summed E-state index contributed by atoms with van der Waals surface area (Å²) < 4.78 is 130. The number of aromatic nitrogens is 2. The maximum atomic E-state index is 10.2. The van der Waals surface area contributed by atoms with Crippen molar-refractivity contribution in [2.45, 2.75) is 158 Å². The van der Waals surface area contributed by atoms with Gasteiger partial charge in [-0.25, -0.2) is 4.98 Å². The first-order chi connectivity index (χ1) is 45.5. The molecule has 430 valence electrons. The normalized spacial score (nSPS) is 15.3. The first-order valence-electron chi connectivity index (χ1n) is 36.5. The van der Waals surface area contributed by atoms with Gasteiger partial charge in [-0.2, -0.15) is 0 Å². The van der Waals surface area contributed by atoms with E-state index >= 15 is 0 Å². The smallest absolute Gasteiger partial charge is 0.137 e. The van der Waals surface area contributed by atoms with E-state index in [0.29, 0.717) is 28.4 Å². The molecule has 5 nitrogen and oxygen atoms in total. The summed E-state index contributed by atoms with van der Waals surface area (Å²) in [7, 11) is 0. The van der Waals surface area contributed by atoms with E-state index < -0.39 is 82.4 Å². The Hall–Kier alpha value is -7.89. The molecule has 0 radical (unpaired) electrons. The molecule has 1 aliphatic heterocycles.